The van der Waals surface area contributed by atoms with Gasteiger partial charge in [-0.25, -0.2) is 0 Å². The van der Waals surface area contributed by atoms with E-state index in [0.717, 1.165) is 61.8 Å². The third-order valence-corrected chi connectivity index (χ3v) is 9.79. The van der Waals surface area contributed by atoms with Gasteiger partial charge in [-0.3, -0.25) is 0 Å². The van der Waals surface area contributed by atoms with Crippen molar-refractivity contribution in [1.29, 1.82) is 0 Å². The van der Waals surface area contributed by atoms with Crippen molar-refractivity contribution in [3.63, 3.8) is 0 Å². The van der Waals surface area contributed by atoms with Crippen molar-refractivity contribution in [3.8, 4) is 17.2 Å². The molecule has 0 amide bonds. The molecule has 0 spiro atoms. The Morgan fingerprint density at radius 3 is 2.74 bits per heavy atom. The summed E-state index contributed by atoms with van der Waals surface area (Å²) in [7, 11) is 1.73. The Balaban J connectivity index is 1.25. The molecule has 0 saturated heterocycles. The largest absolute Gasteiger partial charge is 0.508 e. The van der Waals surface area contributed by atoms with Crippen LogP contribution in [0.2, 0.25) is 0 Å². The van der Waals surface area contributed by atoms with Gasteiger partial charge >= 0.3 is 0 Å². The van der Waals surface area contributed by atoms with Gasteiger partial charge < -0.3 is 19.9 Å². The van der Waals surface area contributed by atoms with Crippen molar-refractivity contribution in [2.75, 3.05) is 20.3 Å². The summed E-state index contributed by atoms with van der Waals surface area (Å²) in [6, 6.07) is 12.4. The molecule has 4 heteroatoms. The van der Waals surface area contributed by atoms with Crippen LogP contribution in [0.15, 0.2) is 36.4 Å². The molecule has 3 aliphatic rings. The molecule has 2 aromatic carbocycles. The molecule has 2 aromatic rings. The molecule has 6 atom stereocenters. The molecule has 3 unspecified atom stereocenters. The Hall–Kier alpha value is -2.20. The highest BCUT2D eigenvalue weighted by Crippen LogP contribution is 2.64. The highest BCUT2D eigenvalue weighted by Gasteiger charge is 2.55. The Morgan fingerprint density at radius 1 is 1.09 bits per heavy atom. The molecule has 0 aromatic heterocycles. The van der Waals surface area contributed by atoms with E-state index in [4.69, 9.17) is 9.47 Å². The topological polar surface area (TPSA) is 50.7 Å². The SMILES string of the molecule is CCNCc1ccc(OCC[C@H]2CCC3C4C(CC[C@@]32C)c2ccc(O)cc2C[C@H]4C)c(OC)c1. The highest BCUT2D eigenvalue weighted by atomic mass is 16.5. The lowest BCUT2D eigenvalue weighted by Crippen LogP contribution is -2.45. The van der Waals surface area contributed by atoms with Gasteiger partial charge in [0, 0.05) is 6.54 Å². The standard InChI is InChI=1S/C31H43NO3/c1-5-32-19-21-6-11-28(29(17-21)34-4)35-15-13-23-7-10-27-30-20(2)16-22-18-24(33)8-9-25(22)26(30)12-14-31(23,27)3/h6,8-9,11,17-18,20,23,26-27,30,32-33H,5,7,10,12-16,19H2,1-4H3/t20-,23-,26?,27?,30?,31-/m1/s1. The van der Waals surface area contributed by atoms with Crippen LogP contribution in [-0.4, -0.2) is 25.4 Å². The molecule has 190 valence electrons. The highest BCUT2D eigenvalue weighted by molar-refractivity contribution is 5.43. The zero-order chi connectivity index (χ0) is 24.6. The number of ether oxygens (including phenoxy) is 2. The van der Waals surface area contributed by atoms with Crippen LogP contribution in [0.3, 0.4) is 0 Å². The first-order valence-electron chi connectivity index (χ1n) is 13.8. The summed E-state index contributed by atoms with van der Waals surface area (Å²) >= 11 is 0. The zero-order valence-corrected chi connectivity index (χ0v) is 22.0. The van der Waals surface area contributed by atoms with E-state index < -0.39 is 0 Å². The van der Waals surface area contributed by atoms with E-state index in [0.29, 0.717) is 23.0 Å². The number of benzene rings is 2. The van der Waals surface area contributed by atoms with Crippen molar-refractivity contribution in [2.45, 2.75) is 71.8 Å². The minimum absolute atomic E-state index is 0.410. The second kappa shape index (κ2) is 10.0. The Labute approximate surface area is 211 Å². The molecule has 2 fully saturated rings. The van der Waals surface area contributed by atoms with Crippen molar-refractivity contribution in [1.82, 2.24) is 5.32 Å². The van der Waals surface area contributed by atoms with Crippen LogP contribution in [0.25, 0.3) is 0 Å². The Kier molecular flexibility index (Phi) is 7.03. The molecule has 0 bridgehead atoms. The van der Waals surface area contributed by atoms with E-state index in [1.807, 2.05) is 12.1 Å². The van der Waals surface area contributed by atoms with Crippen LogP contribution >= 0.6 is 0 Å². The second-order valence-corrected chi connectivity index (χ2v) is 11.6. The van der Waals surface area contributed by atoms with Crippen LogP contribution in [-0.2, 0) is 13.0 Å². The fourth-order valence-corrected chi connectivity index (χ4v) is 8.07. The van der Waals surface area contributed by atoms with Gasteiger partial charge in [0.25, 0.3) is 0 Å². The minimum atomic E-state index is 0.410. The first kappa shape index (κ1) is 24.5. The van der Waals surface area contributed by atoms with Crippen molar-refractivity contribution >= 4 is 0 Å². The van der Waals surface area contributed by atoms with Gasteiger partial charge in [-0.15, -0.1) is 0 Å². The van der Waals surface area contributed by atoms with Crippen molar-refractivity contribution < 1.29 is 14.6 Å². The summed E-state index contributed by atoms with van der Waals surface area (Å²) in [6.07, 6.45) is 7.47. The second-order valence-electron chi connectivity index (χ2n) is 11.6. The average Bonchev–Trinajstić information content (AvgIpc) is 3.19. The molecule has 35 heavy (non-hydrogen) atoms. The summed E-state index contributed by atoms with van der Waals surface area (Å²) in [4.78, 5) is 0. The summed E-state index contributed by atoms with van der Waals surface area (Å²) in [6.45, 7) is 9.72. The predicted octanol–water partition coefficient (Wildman–Crippen LogP) is 6.70. The van der Waals surface area contributed by atoms with Gasteiger partial charge in [-0.1, -0.05) is 32.9 Å². The van der Waals surface area contributed by atoms with Gasteiger partial charge in [-0.2, -0.15) is 0 Å². The lowest BCUT2D eigenvalue weighted by molar-refractivity contribution is 0.000862. The van der Waals surface area contributed by atoms with Gasteiger partial charge in [0.1, 0.15) is 5.75 Å². The predicted molar refractivity (Wildman–Crippen MR) is 141 cm³/mol. The van der Waals surface area contributed by atoms with Gasteiger partial charge in [0.05, 0.1) is 13.7 Å². The molecule has 2 N–H and O–H groups in total. The van der Waals surface area contributed by atoms with E-state index in [9.17, 15) is 5.11 Å². The number of nitrogens with one attached hydrogen (secondary N) is 1. The summed E-state index contributed by atoms with van der Waals surface area (Å²) in [5.41, 5.74) is 4.53. The van der Waals surface area contributed by atoms with E-state index >= 15 is 0 Å². The molecule has 2 saturated carbocycles. The molecule has 0 heterocycles. The lowest BCUT2D eigenvalue weighted by Gasteiger charge is -2.53. The van der Waals surface area contributed by atoms with Gasteiger partial charge in [0.15, 0.2) is 11.5 Å². The Bertz CT molecular complexity index is 1040. The fourth-order valence-electron chi connectivity index (χ4n) is 8.07. The van der Waals surface area contributed by atoms with Crippen LogP contribution in [0, 0.1) is 29.1 Å². The first-order valence-corrected chi connectivity index (χ1v) is 13.8. The third-order valence-electron chi connectivity index (χ3n) is 9.79. The summed E-state index contributed by atoms with van der Waals surface area (Å²) in [5.74, 6) is 5.73. The molecular weight excluding hydrogens is 434 g/mol. The number of aromatic hydroxyl groups is 1. The van der Waals surface area contributed by atoms with E-state index in [1.54, 1.807) is 7.11 Å². The van der Waals surface area contributed by atoms with Crippen LogP contribution in [0.1, 0.15) is 75.5 Å². The number of phenolic OH excluding ortho intramolecular Hbond substituents is 1. The maximum atomic E-state index is 10.0. The first-order chi connectivity index (χ1) is 16.9. The summed E-state index contributed by atoms with van der Waals surface area (Å²) in [5, 5.41) is 13.4. The van der Waals surface area contributed by atoms with E-state index in [-0.39, 0.29) is 0 Å². The van der Waals surface area contributed by atoms with Gasteiger partial charge in [-0.05, 0) is 121 Å². The van der Waals surface area contributed by atoms with E-state index in [2.05, 4.69) is 50.4 Å². The van der Waals surface area contributed by atoms with Crippen LogP contribution in [0.5, 0.6) is 17.2 Å². The maximum Gasteiger partial charge on any atom is 0.161 e. The van der Waals surface area contributed by atoms with Gasteiger partial charge in [0.2, 0.25) is 0 Å². The smallest absolute Gasteiger partial charge is 0.161 e. The fraction of sp³-hybridized carbons (Fsp3) is 0.613. The van der Waals surface area contributed by atoms with Crippen LogP contribution < -0.4 is 14.8 Å². The molecule has 4 nitrogen and oxygen atoms in total. The lowest BCUT2D eigenvalue weighted by atomic mass is 9.51. The number of hydrogen-bond donors (Lipinski definition) is 2. The number of rotatable bonds is 8. The minimum Gasteiger partial charge on any atom is -0.508 e. The number of fused-ring (bicyclic) bond motifs is 5. The maximum absolute atomic E-state index is 10.0. The normalized spacial score (nSPS) is 31.4. The van der Waals surface area contributed by atoms with Crippen molar-refractivity contribution in [2.24, 2.45) is 29.1 Å². The average molecular weight is 478 g/mol. The van der Waals surface area contributed by atoms with Crippen LogP contribution in [0.4, 0.5) is 0 Å². The van der Waals surface area contributed by atoms with E-state index in [1.165, 1.54) is 42.4 Å². The van der Waals surface area contributed by atoms with Crippen molar-refractivity contribution in [3.05, 3.63) is 53.1 Å². The summed E-state index contributed by atoms with van der Waals surface area (Å²) < 4.78 is 11.9. The number of hydrogen-bond acceptors (Lipinski definition) is 4. The quantitative estimate of drug-likeness (QED) is 0.444. The molecule has 5 rings (SSSR count). The molecule has 0 radical (unpaired) electrons. The molecule has 3 aliphatic carbocycles. The monoisotopic (exact) mass is 477 g/mol. The Morgan fingerprint density at radius 2 is 1.94 bits per heavy atom. The molecule has 0 aliphatic heterocycles. The number of methoxy groups -OCH3 is 1. The zero-order valence-electron chi connectivity index (χ0n) is 22.0. The molecular formula is C31H43NO3. The third kappa shape index (κ3) is 4.55. The number of phenols is 1.